The van der Waals surface area contributed by atoms with Gasteiger partial charge in [-0.1, -0.05) is 19.1 Å². The third-order valence-corrected chi connectivity index (χ3v) is 3.39. The van der Waals surface area contributed by atoms with Crippen molar-refractivity contribution in [3.63, 3.8) is 0 Å². The number of fused-ring (bicyclic) bond motifs is 3. The molecule has 0 amide bonds. The summed E-state index contributed by atoms with van der Waals surface area (Å²) in [6.45, 7) is 6.24. The summed E-state index contributed by atoms with van der Waals surface area (Å²) in [6.07, 6.45) is 1.04. The lowest BCUT2D eigenvalue weighted by Crippen LogP contribution is -2.15. The van der Waals surface area contributed by atoms with Crippen LogP contribution in [0, 0.1) is 6.92 Å². The molecule has 3 aromatic rings. The molecule has 5 nitrogen and oxygen atoms in total. The van der Waals surface area contributed by atoms with Crippen LogP contribution in [0.2, 0.25) is 0 Å². The Labute approximate surface area is 111 Å². The largest absolute Gasteiger partial charge is 0.364 e. The highest BCUT2D eigenvalue weighted by molar-refractivity contribution is 5.82. The quantitative estimate of drug-likeness (QED) is 0.782. The summed E-state index contributed by atoms with van der Waals surface area (Å²) in [7, 11) is 0. The van der Waals surface area contributed by atoms with Crippen LogP contribution in [-0.4, -0.2) is 25.6 Å². The zero-order valence-electron chi connectivity index (χ0n) is 11.4. The molecule has 0 aliphatic carbocycles. The van der Waals surface area contributed by atoms with Crippen LogP contribution >= 0.6 is 0 Å². The first-order valence-electron chi connectivity index (χ1n) is 6.57. The van der Waals surface area contributed by atoms with Gasteiger partial charge in [0, 0.05) is 6.04 Å². The molecule has 0 saturated carbocycles. The second-order valence-electron chi connectivity index (χ2n) is 4.81. The van der Waals surface area contributed by atoms with E-state index in [-0.39, 0.29) is 0 Å². The van der Waals surface area contributed by atoms with E-state index in [1.807, 2.05) is 35.6 Å². The monoisotopic (exact) mass is 255 g/mol. The average Bonchev–Trinajstić information content (AvgIpc) is 2.82. The minimum absolute atomic E-state index is 0.356. The summed E-state index contributed by atoms with van der Waals surface area (Å²) in [5, 5.41) is 11.8. The fourth-order valence-electron chi connectivity index (χ4n) is 2.15. The van der Waals surface area contributed by atoms with Crippen molar-refractivity contribution >= 4 is 22.5 Å². The standard InChI is InChI=1S/C14H17N5/c1-4-9(2)15-13-14-18-17-10(3)19(14)12-8-6-5-7-11(12)16-13/h5-9H,4H2,1-3H3,(H,15,16)/t9-/m0/s1. The lowest BCUT2D eigenvalue weighted by atomic mass is 10.2. The maximum atomic E-state index is 4.67. The van der Waals surface area contributed by atoms with Crippen LogP contribution in [0.15, 0.2) is 24.3 Å². The van der Waals surface area contributed by atoms with E-state index >= 15 is 0 Å². The molecule has 19 heavy (non-hydrogen) atoms. The number of nitrogens with zero attached hydrogens (tertiary/aromatic N) is 4. The molecule has 2 aromatic heterocycles. The van der Waals surface area contributed by atoms with Gasteiger partial charge in [0.1, 0.15) is 5.82 Å². The van der Waals surface area contributed by atoms with Crippen molar-refractivity contribution in [1.29, 1.82) is 0 Å². The second-order valence-corrected chi connectivity index (χ2v) is 4.81. The molecular formula is C14H17N5. The summed E-state index contributed by atoms with van der Waals surface area (Å²) in [5.41, 5.74) is 2.77. The first-order valence-corrected chi connectivity index (χ1v) is 6.57. The molecule has 1 atom stereocenters. The lowest BCUT2D eigenvalue weighted by Gasteiger charge is -2.13. The molecule has 2 heterocycles. The van der Waals surface area contributed by atoms with E-state index in [0.29, 0.717) is 6.04 Å². The highest BCUT2D eigenvalue weighted by Gasteiger charge is 2.13. The Bertz CT molecular complexity index is 731. The van der Waals surface area contributed by atoms with Crippen molar-refractivity contribution in [2.75, 3.05) is 5.32 Å². The van der Waals surface area contributed by atoms with Gasteiger partial charge < -0.3 is 5.32 Å². The Balaban J connectivity index is 2.31. The van der Waals surface area contributed by atoms with Crippen LogP contribution in [0.5, 0.6) is 0 Å². The van der Waals surface area contributed by atoms with E-state index in [9.17, 15) is 0 Å². The van der Waals surface area contributed by atoms with E-state index in [1.54, 1.807) is 0 Å². The molecule has 1 aromatic carbocycles. The molecule has 0 radical (unpaired) electrons. The molecule has 0 bridgehead atoms. The molecule has 1 N–H and O–H groups in total. The number of benzene rings is 1. The van der Waals surface area contributed by atoms with Crippen molar-refractivity contribution in [3.05, 3.63) is 30.1 Å². The Morgan fingerprint density at radius 1 is 1.26 bits per heavy atom. The van der Waals surface area contributed by atoms with Gasteiger partial charge in [0.15, 0.2) is 5.82 Å². The molecule has 0 spiro atoms. The van der Waals surface area contributed by atoms with Crippen LogP contribution < -0.4 is 5.32 Å². The Morgan fingerprint density at radius 2 is 2.05 bits per heavy atom. The van der Waals surface area contributed by atoms with Gasteiger partial charge in [-0.15, -0.1) is 10.2 Å². The smallest absolute Gasteiger partial charge is 0.204 e. The van der Waals surface area contributed by atoms with Crippen LogP contribution in [0.3, 0.4) is 0 Å². The highest BCUT2D eigenvalue weighted by Crippen LogP contribution is 2.22. The fourth-order valence-corrected chi connectivity index (χ4v) is 2.15. The van der Waals surface area contributed by atoms with Crippen molar-refractivity contribution in [3.8, 4) is 0 Å². The summed E-state index contributed by atoms with van der Waals surface area (Å²) in [4.78, 5) is 4.67. The molecule has 3 rings (SSSR count). The summed E-state index contributed by atoms with van der Waals surface area (Å²) >= 11 is 0. The first kappa shape index (κ1) is 11.9. The number of hydrogen-bond acceptors (Lipinski definition) is 4. The summed E-state index contributed by atoms with van der Waals surface area (Å²) in [5.74, 6) is 1.68. The van der Waals surface area contributed by atoms with Gasteiger partial charge in [-0.05, 0) is 32.4 Å². The Kier molecular flexibility index (Phi) is 2.81. The number of hydrogen-bond donors (Lipinski definition) is 1. The van der Waals surface area contributed by atoms with E-state index in [0.717, 1.165) is 34.7 Å². The summed E-state index contributed by atoms with van der Waals surface area (Å²) < 4.78 is 2.05. The van der Waals surface area contributed by atoms with Crippen LogP contribution in [0.1, 0.15) is 26.1 Å². The van der Waals surface area contributed by atoms with Crippen molar-refractivity contribution in [2.24, 2.45) is 0 Å². The van der Waals surface area contributed by atoms with Gasteiger partial charge in [-0.25, -0.2) is 4.98 Å². The van der Waals surface area contributed by atoms with Crippen LogP contribution in [0.25, 0.3) is 16.7 Å². The third kappa shape index (κ3) is 1.91. The minimum atomic E-state index is 0.356. The van der Waals surface area contributed by atoms with Gasteiger partial charge in [0.25, 0.3) is 0 Å². The van der Waals surface area contributed by atoms with E-state index < -0.39 is 0 Å². The molecule has 98 valence electrons. The molecule has 5 heteroatoms. The lowest BCUT2D eigenvalue weighted by molar-refractivity contribution is 0.760. The average molecular weight is 255 g/mol. The van der Waals surface area contributed by atoms with Crippen LogP contribution in [0.4, 0.5) is 5.82 Å². The minimum Gasteiger partial charge on any atom is -0.364 e. The molecule has 0 aliphatic rings. The maximum absolute atomic E-state index is 4.67. The van der Waals surface area contributed by atoms with Crippen molar-refractivity contribution in [1.82, 2.24) is 19.6 Å². The predicted octanol–water partition coefficient (Wildman–Crippen LogP) is 2.80. The molecule has 0 saturated heterocycles. The SMILES string of the molecule is CC[C@H](C)Nc1nc2ccccc2n2c(C)nnc12. The number of para-hydroxylation sites is 2. The topological polar surface area (TPSA) is 55.1 Å². The van der Waals surface area contributed by atoms with E-state index in [4.69, 9.17) is 0 Å². The number of rotatable bonds is 3. The van der Waals surface area contributed by atoms with E-state index in [1.165, 1.54) is 0 Å². The highest BCUT2D eigenvalue weighted by atomic mass is 15.3. The maximum Gasteiger partial charge on any atom is 0.204 e. The molecule has 0 unspecified atom stereocenters. The van der Waals surface area contributed by atoms with E-state index in [2.05, 4.69) is 34.3 Å². The van der Waals surface area contributed by atoms with Gasteiger partial charge in [0.05, 0.1) is 11.0 Å². The van der Waals surface area contributed by atoms with Crippen LogP contribution in [-0.2, 0) is 0 Å². The van der Waals surface area contributed by atoms with Crippen molar-refractivity contribution < 1.29 is 0 Å². The number of anilines is 1. The zero-order valence-corrected chi connectivity index (χ0v) is 11.4. The van der Waals surface area contributed by atoms with Gasteiger partial charge in [0.2, 0.25) is 5.65 Å². The first-order chi connectivity index (χ1) is 9.20. The van der Waals surface area contributed by atoms with Gasteiger partial charge in [-0.3, -0.25) is 4.40 Å². The third-order valence-electron chi connectivity index (χ3n) is 3.39. The molecular weight excluding hydrogens is 238 g/mol. The zero-order chi connectivity index (χ0) is 13.4. The van der Waals surface area contributed by atoms with Gasteiger partial charge in [-0.2, -0.15) is 0 Å². The van der Waals surface area contributed by atoms with Gasteiger partial charge >= 0.3 is 0 Å². The Hall–Kier alpha value is -2.17. The number of aromatic nitrogens is 4. The predicted molar refractivity (Wildman–Crippen MR) is 76.4 cm³/mol. The second kappa shape index (κ2) is 4.50. The Morgan fingerprint density at radius 3 is 2.84 bits per heavy atom. The molecule has 0 fully saturated rings. The summed E-state index contributed by atoms with van der Waals surface area (Å²) in [6, 6.07) is 8.40. The fraction of sp³-hybridized carbons (Fsp3) is 0.357. The number of nitrogens with one attached hydrogen (secondary N) is 1. The van der Waals surface area contributed by atoms with Crippen molar-refractivity contribution in [2.45, 2.75) is 33.2 Å². The molecule has 0 aliphatic heterocycles. The normalized spacial score (nSPS) is 13.0. The number of aryl methyl sites for hydroxylation is 1.